The standard InChI is InChI=1S/C15H10F4O6S2/c1-6-3-8(5-20)4-7(2)13(6)26(21,22)14-9(16)11(18)15(27(23,24)25)12(19)10(14)17/h3-5H,1-2H3,(H,23,24,25). The van der Waals surface area contributed by atoms with Crippen molar-refractivity contribution in [2.45, 2.75) is 28.5 Å². The van der Waals surface area contributed by atoms with Crippen molar-refractivity contribution in [3.63, 3.8) is 0 Å². The molecule has 1 N–H and O–H groups in total. The maximum Gasteiger partial charge on any atom is 0.300 e. The third-order valence-electron chi connectivity index (χ3n) is 3.60. The molecule has 2 rings (SSSR count). The van der Waals surface area contributed by atoms with Crippen LogP contribution >= 0.6 is 0 Å². The van der Waals surface area contributed by atoms with Crippen molar-refractivity contribution >= 4 is 26.2 Å². The molecule has 0 saturated carbocycles. The smallest absolute Gasteiger partial charge is 0.298 e. The van der Waals surface area contributed by atoms with E-state index < -0.39 is 57.9 Å². The Morgan fingerprint density at radius 2 is 1.15 bits per heavy atom. The monoisotopic (exact) mass is 426 g/mol. The van der Waals surface area contributed by atoms with Gasteiger partial charge in [0.1, 0.15) is 11.2 Å². The topological polar surface area (TPSA) is 106 Å². The minimum atomic E-state index is -5.73. The highest BCUT2D eigenvalue weighted by Gasteiger charge is 2.38. The van der Waals surface area contributed by atoms with Crippen molar-refractivity contribution in [2.24, 2.45) is 0 Å². The number of rotatable bonds is 4. The summed E-state index contributed by atoms with van der Waals surface area (Å²) >= 11 is 0. The first-order chi connectivity index (χ1) is 12.2. The number of benzene rings is 2. The molecule has 0 aliphatic carbocycles. The minimum Gasteiger partial charge on any atom is -0.298 e. The number of aryl methyl sites for hydroxylation is 2. The lowest BCUT2D eigenvalue weighted by Crippen LogP contribution is -2.17. The SMILES string of the molecule is Cc1cc(C=O)cc(C)c1S(=O)(=O)c1c(F)c(F)c(S(=O)(=O)O)c(F)c1F. The van der Waals surface area contributed by atoms with E-state index in [4.69, 9.17) is 4.55 Å². The van der Waals surface area contributed by atoms with Gasteiger partial charge in [0.15, 0.2) is 28.2 Å². The summed E-state index contributed by atoms with van der Waals surface area (Å²) in [5, 5.41) is 0. The molecule has 0 heterocycles. The number of halogens is 4. The van der Waals surface area contributed by atoms with Crippen LogP contribution in [-0.4, -0.2) is 27.7 Å². The second-order valence-electron chi connectivity index (χ2n) is 5.49. The molecule has 27 heavy (non-hydrogen) atoms. The molecule has 0 unspecified atom stereocenters. The predicted octanol–water partition coefficient (Wildman–Crippen LogP) is 2.75. The molecule has 2 aromatic rings. The van der Waals surface area contributed by atoms with Gasteiger partial charge in [-0.1, -0.05) is 0 Å². The van der Waals surface area contributed by atoms with Crippen LogP contribution in [0, 0.1) is 37.1 Å². The van der Waals surface area contributed by atoms with Crippen LogP contribution in [0.1, 0.15) is 21.5 Å². The van der Waals surface area contributed by atoms with E-state index in [1.54, 1.807) is 0 Å². The Morgan fingerprint density at radius 1 is 0.778 bits per heavy atom. The Morgan fingerprint density at radius 3 is 1.48 bits per heavy atom. The van der Waals surface area contributed by atoms with Crippen LogP contribution in [0.2, 0.25) is 0 Å². The van der Waals surface area contributed by atoms with Gasteiger partial charge in [-0.05, 0) is 37.1 Å². The van der Waals surface area contributed by atoms with E-state index in [1.165, 1.54) is 13.8 Å². The van der Waals surface area contributed by atoms with Gasteiger partial charge in [0.25, 0.3) is 0 Å². The average molecular weight is 426 g/mol. The van der Waals surface area contributed by atoms with Gasteiger partial charge >= 0.3 is 10.1 Å². The molecule has 146 valence electrons. The molecular weight excluding hydrogens is 416 g/mol. The lowest BCUT2D eigenvalue weighted by atomic mass is 10.1. The second kappa shape index (κ2) is 6.69. The van der Waals surface area contributed by atoms with Gasteiger partial charge in [-0.2, -0.15) is 8.42 Å². The summed E-state index contributed by atoms with van der Waals surface area (Å²) in [5.74, 6) is -10.2. The van der Waals surface area contributed by atoms with Crippen LogP contribution < -0.4 is 0 Å². The van der Waals surface area contributed by atoms with Crippen molar-refractivity contribution in [3.8, 4) is 0 Å². The van der Waals surface area contributed by atoms with E-state index in [-0.39, 0.29) is 16.7 Å². The minimum absolute atomic E-state index is 0.0453. The van der Waals surface area contributed by atoms with Gasteiger partial charge in [-0.3, -0.25) is 9.35 Å². The van der Waals surface area contributed by atoms with Gasteiger partial charge in [0, 0.05) is 5.56 Å². The zero-order valence-electron chi connectivity index (χ0n) is 13.5. The van der Waals surface area contributed by atoms with Crippen molar-refractivity contribution in [1.82, 2.24) is 0 Å². The number of hydrogen-bond acceptors (Lipinski definition) is 5. The summed E-state index contributed by atoms with van der Waals surface area (Å²) in [6.45, 7) is 2.36. The van der Waals surface area contributed by atoms with E-state index >= 15 is 0 Å². The van der Waals surface area contributed by atoms with Crippen molar-refractivity contribution in [1.29, 1.82) is 0 Å². The third-order valence-corrected chi connectivity index (χ3v) is 6.55. The molecule has 2 aromatic carbocycles. The molecule has 0 amide bonds. The second-order valence-corrected chi connectivity index (χ2v) is 8.68. The Bertz CT molecular complexity index is 1140. The van der Waals surface area contributed by atoms with Gasteiger partial charge in [-0.25, -0.2) is 26.0 Å². The highest BCUT2D eigenvalue weighted by atomic mass is 32.2. The molecule has 0 atom stereocenters. The van der Waals surface area contributed by atoms with Crippen LogP contribution in [0.3, 0.4) is 0 Å². The van der Waals surface area contributed by atoms with E-state index in [1.807, 2.05) is 0 Å². The van der Waals surface area contributed by atoms with E-state index in [9.17, 15) is 39.2 Å². The number of aldehydes is 1. The summed E-state index contributed by atoms with van der Waals surface area (Å²) < 4.78 is 112. The predicted molar refractivity (Wildman–Crippen MR) is 82.8 cm³/mol. The lowest BCUT2D eigenvalue weighted by Gasteiger charge is -2.15. The van der Waals surface area contributed by atoms with Gasteiger partial charge in [0.05, 0.1) is 4.90 Å². The highest BCUT2D eigenvalue weighted by Crippen LogP contribution is 2.35. The Labute approximate surface area is 151 Å². The van der Waals surface area contributed by atoms with Gasteiger partial charge < -0.3 is 0 Å². The molecule has 0 aromatic heterocycles. The Hall–Kier alpha value is -2.31. The van der Waals surface area contributed by atoms with Crippen molar-refractivity contribution in [2.75, 3.05) is 0 Å². The molecule has 0 spiro atoms. The quantitative estimate of drug-likeness (QED) is 0.349. The Kier molecular flexibility index (Phi) is 5.20. The van der Waals surface area contributed by atoms with Gasteiger partial charge in [-0.15, -0.1) is 0 Å². The molecule has 0 aliphatic rings. The molecule has 0 aliphatic heterocycles. The normalized spacial score (nSPS) is 12.3. The highest BCUT2D eigenvalue weighted by molar-refractivity contribution is 7.91. The fraction of sp³-hybridized carbons (Fsp3) is 0.133. The molecule has 6 nitrogen and oxygen atoms in total. The summed E-state index contributed by atoms with van der Waals surface area (Å²) in [6.07, 6.45) is 0.387. The van der Waals surface area contributed by atoms with Gasteiger partial charge in [0.2, 0.25) is 9.84 Å². The first-order valence-corrected chi connectivity index (χ1v) is 9.82. The van der Waals surface area contributed by atoms with E-state index in [0.29, 0.717) is 6.29 Å². The first-order valence-electron chi connectivity index (χ1n) is 6.90. The van der Waals surface area contributed by atoms with Crippen LogP contribution in [0.4, 0.5) is 17.6 Å². The zero-order chi connectivity index (χ0) is 20.9. The summed E-state index contributed by atoms with van der Waals surface area (Å²) in [5.41, 5.74) is -0.241. The van der Waals surface area contributed by atoms with Crippen LogP contribution in [0.15, 0.2) is 26.8 Å². The lowest BCUT2D eigenvalue weighted by molar-refractivity contribution is 0.112. The first kappa shape index (κ1) is 21.0. The number of hydrogen-bond donors (Lipinski definition) is 1. The molecule has 12 heteroatoms. The Balaban J connectivity index is 2.97. The van der Waals surface area contributed by atoms with Crippen molar-refractivity contribution < 1.29 is 43.7 Å². The maximum absolute atomic E-state index is 14.2. The summed E-state index contributed by atoms with van der Waals surface area (Å²) in [4.78, 5) is 5.70. The summed E-state index contributed by atoms with van der Waals surface area (Å²) in [7, 11) is -10.9. The number of carbonyl (C=O) groups excluding carboxylic acids is 1. The van der Waals surface area contributed by atoms with Crippen LogP contribution in [-0.2, 0) is 20.0 Å². The van der Waals surface area contributed by atoms with Crippen molar-refractivity contribution in [3.05, 3.63) is 52.1 Å². The van der Waals surface area contributed by atoms with E-state index in [2.05, 4.69) is 0 Å². The maximum atomic E-state index is 14.2. The molecule has 0 saturated heterocycles. The fourth-order valence-electron chi connectivity index (χ4n) is 2.63. The molecule has 0 radical (unpaired) electrons. The third kappa shape index (κ3) is 3.35. The largest absolute Gasteiger partial charge is 0.300 e. The average Bonchev–Trinajstić information content (AvgIpc) is 2.50. The number of sulfone groups is 1. The molecule has 0 bridgehead atoms. The van der Waals surface area contributed by atoms with Crippen LogP contribution in [0.5, 0.6) is 0 Å². The number of carbonyl (C=O) groups is 1. The molecular formula is C15H10F4O6S2. The summed E-state index contributed by atoms with van der Waals surface area (Å²) in [6, 6.07) is 2.14. The fourth-order valence-corrected chi connectivity index (χ4v) is 5.08. The zero-order valence-corrected chi connectivity index (χ0v) is 15.2. The van der Waals surface area contributed by atoms with Crippen LogP contribution in [0.25, 0.3) is 0 Å². The molecule has 0 fully saturated rings. The van der Waals surface area contributed by atoms with E-state index in [0.717, 1.165) is 12.1 Å².